The number of aromatic nitrogens is 5. The fourth-order valence-corrected chi connectivity index (χ4v) is 7.23. The summed E-state index contributed by atoms with van der Waals surface area (Å²) in [6, 6.07) is 6.71. The van der Waals surface area contributed by atoms with Gasteiger partial charge in [-0.25, -0.2) is 31.7 Å². The van der Waals surface area contributed by atoms with Gasteiger partial charge in [0.05, 0.1) is 28.4 Å². The Hall–Kier alpha value is -2.90. The zero-order chi connectivity index (χ0) is 25.4. The number of aliphatic hydroxyl groups is 1. The topological polar surface area (TPSA) is 246 Å². The van der Waals surface area contributed by atoms with Gasteiger partial charge in [-0.15, -0.1) is 21.5 Å². The second kappa shape index (κ2) is 9.63. The van der Waals surface area contributed by atoms with Gasteiger partial charge in [0.25, 0.3) is 0 Å². The second-order valence-electron chi connectivity index (χ2n) is 7.30. The molecule has 0 amide bonds. The van der Waals surface area contributed by atoms with Gasteiger partial charge in [0.2, 0.25) is 25.9 Å². The van der Waals surface area contributed by atoms with E-state index in [9.17, 15) is 21.9 Å². The number of nitrogens with zero attached hydrogens (tertiary/aromatic N) is 4. The van der Waals surface area contributed by atoms with Crippen LogP contribution in [0.1, 0.15) is 5.01 Å². The van der Waals surface area contributed by atoms with E-state index in [2.05, 4.69) is 30.3 Å². The summed E-state index contributed by atoms with van der Waals surface area (Å²) in [7, 11) is -9.20. The van der Waals surface area contributed by atoms with Gasteiger partial charge >= 0.3 is 0 Å². The van der Waals surface area contributed by atoms with E-state index in [1.807, 2.05) is 6.07 Å². The lowest BCUT2D eigenvalue weighted by Crippen LogP contribution is -2.43. The van der Waals surface area contributed by atoms with Crippen LogP contribution in [0.3, 0.4) is 0 Å². The average molecular weight is 540 g/mol. The highest BCUT2D eigenvalue weighted by atomic mass is 32.2. The van der Waals surface area contributed by atoms with E-state index in [0.29, 0.717) is 16.1 Å². The van der Waals surface area contributed by atoms with Crippen molar-refractivity contribution in [1.29, 1.82) is 0 Å². The van der Waals surface area contributed by atoms with E-state index < -0.39 is 42.5 Å². The van der Waals surface area contributed by atoms with Gasteiger partial charge < -0.3 is 16.6 Å². The maximum Gasteiger partial charge on any atom is 0.242 e. The Labute approximate surface area is 203 Å². The van der Waals surface area contributed by atoms with Crippen molar-refractivity contribution in [3.8, 4) is 22.5 Å². The molecule has 0 saturated carbocycles. The Bertz CT molecular complexity index is 1580. The first kappa shape index (κ1) is 25.2. The number of aliphatic hydroxyl groups excluding tert-OH is 1. The van der Waals surface area contributed by atoms with E-state index in [1.54, 1.807) is 12.1 Å². The van der Waals surface area contributed by atoms with Gasteiger partial charge in [-0.2, -0.15) is 5.21 Å². The highest BCUT2D eigenvalue weighted by Gasteiger charge is 2.33. The van der Waals surface area contributed by atoms with Crippen molar-refractivity contribution < 1.29 is 21.9 Å². The number of aromatic amines is 1. The van der Waals surface area contributed by atoms with E-state index in [-0.39, 0.29) is 30.0 Å². The van der Waals surface area contributed by atoms with Crippen LogP contribution in [0.15, 0.2) is 40.1 Å². The molecule has 0 aliphatic carbocycles. The van der Waals surface area contributed by atoms with Crippen LogP contribution in [-0.4, -0.2) is 66.7 Å². The zero-order valence-electron chi connectivity index (χ0n) is 17.9. The van der Waals surface area contributed by atoms with Crippen molar-refractivity contribution in [1.82, 2.24) is 30.3 Å². The minimum atomic E-state index is -4.68. The molecule has 0 bridgehead atoms. The molecule has 0 aliphatic rings. The van der Waals surface area contributed by atoms with Gasteiger partial charge in [0, 0.05) is 18.7 Å². The third-order valence-corrected chi connectivity index (χ3v) is 8.75. The fourth-order valence-electron chi connectivity index (χ4n) is 3.51. The van der Waals surface area contributed by atoms with Crippen LogP contribution in [-0.2, 0) is 26.6 Å². The number of tetrazole rings is 1. The molecule has 0 spiro atoms. The minimum absolute atomic E-state index is 0.188. The number of H-pyrrole nitrogens is 1. The molecule has 14 nitrogen and oxygen atoms in total. The predicted octanol–water partition coefficient (Wildman–Crippen LogP) is -1.15. The quantitative estimate of drug-likeness (QED) is 0.148. The second-order valence-corrected chi connectivity index (χ2v) is 11.6. The minimum Gasteiger partial charge on any atom is -0.395 e. The smallest absolute Gasteiger partial charge is 0.242 e. The number of rotatable bonds is 9. The number of hydrogen-bond donors (Lipinski definition) is 6. The summed E-state index contributed by atoms with van der Waals surface area (Å²) in [6.45, 7) is -0.633. The first-order valence-corrected chi connectivity index (χ1v) is 13.8. The van der Waals surface area contributed by atoms with Crippen LogP contribution < -0.4 is 21.3 Å². The molecule has 9 N–H and O–H groups in total. The monoisotopic (exact) mass is 539 g/mol. The maximum absolute atomic E-state index is 13.2. The molecule has 17 heteroatoms. The fraction of sp³-hybridized carbons (Fsp3) is 0.222. The lowest BCUT2D eigenvalue weighted by molar-refractivity contribution is 0.259. The van der Waals surface area contributed by atoms with Crippen molar-refractivity contribution in [2.24, 2.45) is 16.6 Å². The van der Waals surface area contributed by atoms with Crippen LogP contribution in [0.25, 0.3) is 32.7 Å². The molecule has 35 heavy (non-hydrogen) atoms. The molecule has 0 radical (unpaired) electrons. The number of para-hydroxylation sites is 1. The van der Waals surface area contributed by atoms with E-state index in [1.165, 1.54) is 17.4 Å². The molecule has 2 aromatic carbocycles. The van der Waals surface area contributed by atoms with Gasteiger partial charge in [0.1, 0.15) is 14.8 Å². The van der Waals surface area contributed by atoms with Crippen molar-refractivity contribution >= 4 is 41.6 Å². The molecule has 4 aromatic rings. The lowest BCUT2D eigenvalue weighted by atomic mass is 9.98. The summed E-state index contributed by atoms with van der Waals surface area (Å²) in [6.07, 6.45) is 0. The van der Waals surface area contributed by atoms with Crippen LogP contribution in [0.2, 0.25) is 0 Å². The summed E-state index contributed by atoms with van der Waals surface area (Å²) in [5.74, 6) is -0.204. The summed E-state index contributed by atoms with van der Waals surface area (Å²) < 4.78 is 55.0. The Morgan fingerprint density at radius 1 is 1.11 bits per heavy atom. The first-order chi connectivity index (χ1) is 16.6. The number of thiazole rings is 1. The highest BCUT2D eigenvalue weighted by molar-refractivity contribution is 7.92. The molecule has 0 saturated heterocycles. The van der Waals surface area contributed by atoms with E-state index in [0.717, 1.165) is 10.8 Å². The molecule has 2 heterocycles. The third kappa shape index (κ3) is 4.80. The molecule has 1 atom stereocenters. The standard InChI is InChI=1S/C18H21N9O5S3/c19-6-9(8-28)25-35(31,32)13-5-4-10(11-2-1-3-12-16(11)22-14(7-20)33-12)15(17(13)34(21,29)30)18-23-26-27-24-18/h1-5,9,25,28H,6-8,19-20H2,(H2,21,29,30)(H,23,24,26,27). The molecule has 186 valence electrons. The predicted molar refractivity (Wildman–Crippen MR) is 128 cm³/mol. The maximum atomic E-state index is 13.2. The number of sulfonamides is 2. The SMILES string of the molecule is NCc1nc2c(-c3ccc(S(=O)(=O)NC(CN)CO)c(S(N)(=O)=O)c3-c3nn[nH]n3)cccc2s1. The summed E-state index contributed by atoms with van der Waals surface area (Å²) in [5.41, 5.74) is 12.3. The Balaban J connectivity index is 2.09. The largest absolute Gasteiger partial charge is 0.395 e. The molecular formula is C18H21N9O5S3. The number of nitrogens with one attached hydrogen (secondary N) is 2. The third-order valence-electron chi connectivity index (χ3n) is 5.02. The van der Waals surface area contributed by atoms with Gasteiger partial charge in [-0.05, 0) is 22.9 Å². The first-order valence-electron chi connectivity index (χ1n) is 9.96. The van der Waals surface area contributed by atoms with Gasteiger partial charge in [-0.3, -0.25) is 0 Å². The zero-order valence-corrected chi connectivity index (χ0v) is 20.4. The van der Waals surface area contributed by atoms with Crippen LogP contribution in [0, 0.1) is 0 Å². The van der Waals surface area contributed by atoms with Crippen molar-refractivity contribution in [2.75, 3.05) is 13.2 Å². The highest BCUT2D eigenvalue weighted by Crippen LogP contribution is 2.41. The number of primary sulfonamides is 1. The number of nitrogens with two attached hydrogens (primary N) is 3. The van der Waals surface area contributed by atoms with Crippen LogP contribution in [0.4, 0.5) is 0 Å². The molecule has 0 fully saturated rings. The van der Waals surface area contributed by atoms with Crippen molar-refractivity contribution in [3.05, 3.63) is 35.3 Å². The van der Waals surface area contributed by atoms with E-state index >= 15 is 0 Å². The van der Waals surface area contributed by atoms with Crippen molar-refractivity contribution in [2.45, 2.75) is 22.4 Å². The average Bonchev–Trinajstić information content (AvgIpc) is 3.50. The molecule has 2 aromatic heterocycles. The number of hydrogen-bond acceptors (Lipinski definition) is 12. The van der Waals surface area contributed by atoms with Gasteiger partial charge in [-0.1, -0.05) is 18.2 Å². The molecular weight excluding hydrogens is 518 g/mol. The lowest BCUT2D eigenvalue weighted by Gasteiger charge is -2.19. The normalized spacial score (nSPS) is 13.4. The number of benzene rings is 2. The Morgan fingerprint density at radius 2 is 1.89 bits per heavy atom. The summed E-state index contributed by atoms with van der Waals surface area (Å²) in [4.78, 5) is 3.12. The number of fused-ring (bicyclic) bond motifs is 1. The molecule has 0 aliphatic heterocycles. The Kier molecular flexibility index (Phi) is 6.93. The van der Waals surface area contributed by atoms with Gasteiger partial charge in [0.15, 0.2) is 0 Å². The van der Waals surface area contributed by atoms with Crippen LogP contribution in [0.5, 0.6) is 0 Å². The Morgan fingerprint density at radius 3 is 2.49 bits per heavy atom. The van der Waals surface area contributed by atoms with E-state index in [4.69, 9.17) is 16.6 Å². The van der Waals surface area contributed by atoms with Crippen LogP contribution >= 0.6 is 11.3 Å². The summed E-state index contributed by atoms with van der Waals surface area (Å²) in [5, 5.41) is 29.1. The molecule has 4 rings (SSSR count). The molecule has 1 unspecified atom stereocenters. The summed E-state index contributed by atoms with van der Waals surface area (Å²) >= 11 is 1.37. The van der Waals surface area contributed by atoms with Crippen molar-refractivity contribution in [3.63, 3.8) is 0 Å².